The summed E-state index contributed by atoms with van der Waals surface area (Å²) < 4.78 is 26.6. The van der Waals surface area contributed by atoms with E-state index in [9.17, 15) is 13.2 Å². The van der Waals surface area contributed by atoms with Gasteiger partial charge in [-0.1, -0.05) is 11.2 Å². The molecule has 0 unspecified atom stereocenters. The second-order valence-corrected chi connectivity index (χ2v) is 7.12. The average molecular weight is 301 g/mol. The Bertz CT molecular complexity index is 548. The van der Waals surface area contributed by atoms with E-state index >= 15 is 0 Å². The fourth-order valence-corrected chi connectivity index (χ4v) is 3.59. The lowest BCUT2D eigenvalue weighted by Crippen LogP contribution is -2.45. The largest absolute Gasteiger partial charge is 0.299 e. The number of Topliss-reactive ketones (excluding diaryl/α,β-unsaturated/α-hetero) is 1. The van der Waals surface area contributed by atoms with Crippen LogP contribution in [0.3, 0.4) is 0 Å². The molecule has 1 heterocycles. The molecular weight excluding hydrogens is 282 g/mol. The lowest BCUT2D eigenvalue weighted by atomic mass is 9.82. The Morgan fingerprint density at radius 2 is 2.25 bits per heavy atom. The monoisotopic (exact) mass is 301 g/mol. The highest BCUT2D eigenvalue weighted by Crippen LogP contribution is 2.37. The zero-order chi connectivity index (χ0) is 15.6. The van der Waals surface area contributed by atoms with Crippen molar-refractivity contribution in [2.24, 2.45) is 11.0 Å². The first-order chi connectivity index (χ1) is 9.22. The Morgan fingerprint density at radius 3 is 2.65 bits per heavy atom. The summed E-state index contributed by atoms with van der Waals surface area (Å²) in [4.78, 5) is 14.7. The Balaban J connectivity index is 3.28. The number of azide groups is 1. The summed E-state index contributed by atoms with van der Waals surface area (Å²) in [6.45, 7) is 4.92. The SMILES string of the molecule is C=CC[C@H]1CN(S(=O)(=O)N(C)C)C[C@@]1(N=[N+]=[N-])C(C)=O. The van der Waals surface area contributed by atoms with Crippen LogP contribution >= 0.6 is 0 Å². The fourth-order valence-electron chi connectivity index (χ4n) is 2.40. The normalized spacial score (nSPS) is 27.3. The smallest absolute Gasteiger partial charge is 0.281 e. The van der Waals surface area contributed by atoms with Crippen LogP contribution in [0, 0.1) is 5.92 Å². The summed E-state index contributed by atoms with van der Waals surface area (Å²) in [6.07, 6.45) is 2.00. The number of hydrogen-bond acceptors (Lipinski definition) is 4. The maximum absolute atomic E-state index is 12.2. The van der Waals surface area contributed by atoms with Gasteiger partial charge in [0, 0.05) is 32.1 Å². The number of rotatable bonds is 6. The second kappa shape index (κ2) is 5.92. The van der Waals surface area contributed by atoms with Gasteiger partial charge in [-0.25, -0.2) is 0 Å². The number of nitrogens with zero attached hydrogens (tertiary/aromatic N) is 5. The first kappa shape index (κ1) is 16.6. The number of hydrogen-bond donors (Lipinski definition) is 0. The van der Waals surface area contributed by atoms with E-state index in [4.69, 9.17) is 5.53 Å². The van der Waals surface area contributed by atoms with Crippen LogP contribution in [0.4, 0.5) is 0 Å². The van der Waals surface area contributed by atoms with Crippen LogP contribution in [0.1, 0.15) is 13.3 Å². The zero-order valence-electron chi connectivity index (χ0n) is 11.9. The number of carbonyl (C=O) groups is 1. The molecule has 1 rings (SSSR count). The molecule has 0 aromatic heterocycles. The van der Waals surface area contributed by atoms with E-state index in [1.165, 1.54) is 25.3 Å². The lowest BCUT2D eigenvalue weighted by molar-refractivity contribution is -0.122. The molecule has 1 saturated heterocycles. The van der Waals surface area contributed by atoms with E-state index in [2.05, 4.69) is 16.6 Å². The van der Waals surface area contributed by atoms with Gasteiger partial charge in [0.2, 0.25) is 0 Å². The van der Waals surface area contributed by atoms with Crippen LogP contribution in [-0.2, 0) is 15.0 Å². The average Bonchev–Trinajstić information content (AvgIpc) is 2.71. The Hall–Kier alpha value is -1.41. The lowest BCUT2D eigenvalue weighted by Gasteiger charge is -2.26. The van der Waals surface area contributed by atoms with Crippen molar-refractivity contribution in [3.05, 3.63) is 23.1 Å². The van der Waals surface area contributed by atoms with Crippen molar-refractivity contribution in [2.75, 3.05) is 27.2 Å². The predicted octanol–water partition coefficient (Wildman–Crippen LogP) is 0.939. The van der Waals surface area contributed by atoms with Crippen LogP contribution in [0.25, 0.3) is 10.4 Å². The maximum Gasteiger partial charge on any atom is 0.281 e. The second-order valence-electron chi connectivity index (χ2n) is 4.97. The van der Waals surface area contributed by atoms with Crippen LogP contribution in [-0.4, -0.2) is 55.5 Å². The number of carbonyl (C=O) groups excluding carboxylic acids is 1. The molecule has 112 valence electrons. The van der Waals surface area contributed by atoms with Gasteiger partial charge in [0.1, 0.15) is 11.3 Å². The molecular formula is C11H19N5O3S. The van der Waals surface area contributed by atoms with Crippen molar-refractivity contribution in [3.8, 4) is 0 Å². The minimum absolute atomic E-state index is 0.130. The number of ketones is 1. The highest BCUT2D eigenvalue weighted by atomic mass is 32.2. The van der Waals surface area contributed by atoms with Crippen molar-refractivity contribution >= 4 is 16.0 Å². The van der Waals surface area contributed by atoms with Crippen LogP contribution in [0.5, 0.6) is 0 Å². The fraction of sp³-hybridized carbons (Fsp3) is 0.727. The molecule has 0 saturated carbocycles. The van der Waals surface area contributed by atoms with Gasteiger partial charge in [0.25, 0.3) is 10.2 Å². The van der Waals surface area contributed by atoms with E-state index in [0.717, 1.165) is 4.31 Å². The third kappa shape index (κ3) is 2.71. The van der Waals surface area contributed by atoms with Gasteiger partial charge in [-0.05, 0) is 24.8 Å². The van der Waals surface area contributed by atoms with E-state index < -0.39 is 21.7 Å². The first-order valence-electron chi connectivity index (χ1n) is 6.08. The van der Waals surface area contributed by atoms with Gasteiger partial charge in [0.05, 0.1) is 0 Å². The van der Waals surface area contributed by atoms with E-state index in [-0.39, 0.29) is 18.9 Å². The number of allylic oxidation sites excluding steroid dienone is 1. The molecule has 1 aliphatic heterocycles. The van der Waals surface area contributed by atoms with Crippen molar-refractivity contribution in [2.45, 2.75) is 18.9 Å². The van der Waals surface area contributed by atoms with Gasteiger partial charge in [-0.15, -0.1) is 6.58 Å². The van der Waals surface area contributed by atoms with Gasteiger partial charge >= 0.3 is 0 Å². The third-order valence-corrected chi connectivity index (χ3v) is 5.44. The molecule has 0 bridgehead atoms. The maximum atomic E-state index is 12.2. The van der Waals surface area contributed by atoms with Crippen LogP contribution < -0.4 is 0 Å². The summed E-state index contributed by atoms with van der Waals surface area (Å²) in [7, 11) is -0.822. The summed E-state index contributed by atoms with van der Waals surface area (Å²) >= 11 is 0. The molecule has 8 nitrogen and oxygen atoms in total. The standard InChI is InChI=1S/C11H19N5O3S/c1-5-6-10-7-16(20(18,19)15(3)4)8-11(10,9(2)17)13-14-12/h5,10H,1,6-8H2,2-4H3/t10-,11+/m0/s1. The van der Waals surface area contributed by atoms with E-state index in [1.54, 1.807) is 6.08 Å². The summed E-state index contributed by atoms with van der Waals surface area (Å²) in [5.41, 5.74) is 7.37. The summed E-state index contributed by atoms with van der Waals surface area (Å²) in [5, 5.41) is 3.64. The molecule has 0 aromatic rings. The quantitative estimate of drug-likeness (QED) is 0.315. The molecule has 0 spiro atoms. The van der Waals surface area contributed by atoms with E-state index in [1.807, 2.05) is 0 Å². The minimum Gasteiger partial charge on any atom is -0.299 e. The Morgan fingerprint density at radius 1 is 1.65 bits per heavy atom. The van der Waals surface area contributed by atoms with Gasteiger partial charge in [-0.2, -0.15) is 17.0 Å². The Labute approximate surface area is 118 Å². The van der Waals surface area contributed by atoms with Crippen molar-refractivity contribution in [1.82, 2.24) is 8.61 Å². The molecule has 0 N–H and O–H groups in total. The summed E-state index contributed by atoms with van der Waals surface area (Å²) in [5.74, 6) is -0.735. The topological polar surface area (TPSA) is 106 Å². The predicted molar refractivity (Wildman–Crippen MR) is 75.0 cm³/mol. The van der Waals surface area contributed by atoms with Crippen molar-refractivity contribution < 1.29 is 13.2 Å². The molecule has 0 aliphatic carbocycles. The minimum atomic E-state index is -3.65. The first-order valence-corrected chi connectivity index (χ1v) is 7.48. The highest BCUT2D eigenvalue weighted by Gasteiger charge is 2.52. The van der Waals surface area contributed by atoms with Gasteiger partial charge in [0.15, 0.2) is 0 Å². The van der Waals surface area contributed by atoms with Gasteiger partial charge < -0.3 is 0 Å². The third-order valence-electron chi connectivity index (χ3n) is 3.59. The molecule has 2 atom stereocenters. The van der Waals surface area contributed by atoms with E-state index in [0.29, 0.717) is 6.42 Å². The molecule has 9 heteroatoms. The van der Waals surface area contributed by atoms with Crippen molar-refractivity contribution in [1.29, 1.82) is 0 Å². The molecule has 0 amide bonds. The van der Waals surface area contributed by atoms with Crippen molar-refractivity contribution in [3.63, 3.8) is 0 Å². The molecule has 0 radical (unpaired) electrons. The zero-order valence-corrected chi connectivity index (χ0v) is 12.7. The van der Waals surface area contributed by atoms with Crippen LogP contribution in [0.15, 0.2) is 17.8 Å². The summed E-state index contributed by atoms with van der Waals surface area (Å²) in [6, 6.07) is 0. The van der Waals surface area contributed by atoms with Gasteiger partial charge in [-0.3, -0.25) is 4.79 Å². The molecule has 0 aromatic carbocycles. The molecule has 20 heavy (non-hydrogen) atoms. The Kier molecular flexibility index (Phi) is 4.93. The molecule has 1 fully saturated rings. The highest BCUT2D eigenvalue weighted by molar-refractivity contribution is 7.86. The van der Waals surface area contributed by atoms with Crippen LogP contribution in [0.2, 0.25) is 0 Å². The molecule has 1 aliphatic rings.